The lowest BCUT2D eigenvalue weighted by atomic mass is 10.1. The Morgan fingerprint density at radius 1 is 1.06 bits per heavy atom. The van der Waals surface area contributed by atoms with E-state index in [0.29, 0.717) is 43.2 Å². The van der Waals surface area contributed by atoms with Gasteiger partial charge >= 0.3 is 0 Å². The Kier molecular flexibility index (Phi) is 7.89. The van der Waals surface area contributed by atoms with Crippen LogP contribution in [0.4, 0.5) is 10.2 Å². The van der Waals surface area contributed by atoms with Gasteiger partial charge in [0.1, 0.15) is 18.1 Å². The van der Waals surface area contributed by atoms with E-state index in [9.17, 15) is 14.0 Å². The van der Waals surface area contributed by atoms with Gasteiger partial charge in [-0.3, -0.25) is 9.59 Å². The summed E-state index contributed by atoms with van der Waals surface area (Å²) in [6.07, 6.45) is 1.61. The lowest BCUT2D eigenvalue weighted by Crippen LogP contribution is -2.52. The number of aromatic nitrogens is 2. The van der Waals surface area contributed by atoms with Gasteiger partial charge in [0.25, 0.3) is 5.91 Å². The molecule has 0 unspecified atom stereocenters. The van der Waals surface area contributed by atoms with Crippen LogP contribution in [-0.4, -0.2) is 78.2 Å². The first kappa shape index (κ1) is 24.8. The fraction of sp³-hybridized carbons (Fsp3) is 0.259. The number of hydrogen-bond donors (Lipinski definition) is 0. The molecule has 186 valence electrons. The zero-order valence-electron chi connectivity index (χ0n) is 20.1. The van der Waals surface area contributed by atoms with Gasteiger partial charge < -0.3 is 19.4 Å². The molecule has 2 amide bonds. The second kappa shape index (κ2) is 11.4. The summed E-state index contributed by atoms with van der Waals surface area (Å²) in [5.41, 5.74) is 1.91. The lowest BCUT2D eigenvalue weighted by Gasteiger charge is -2.36. The number of amides is 2. The molecule has 8 nitrogen and oxygen atoms in total. The molecule has 0 N–H and O–H groups in total. The number of halogens is 1. The molecule has 1 aliphatic heterocycles. The fourth-order valence-electron chi connectivity index (χ4n) is 4.03. The highest BCUT2D eigenvalue weighted by atomic mass is 19.1. The van der Waals surface area contributed by atoms with Crippen LogP contribution in [0.2, 0.25) is 0 Å². The van der Waals surface area contributed by atoms with Crippen molar-refractivity contribution in [3.05, 3.63) is 84.7 Å². The summed E-state index contributed by atoms with van der Waals surface area (Å²) >= 11 is 0. The first-order chi connectivity index (χ1) is 17.5. The van der Waals surface area contributed by atoms with Crippen molar-refractivity contribution in [2.45, 2.75) is 0 Å². The average molecular weight is 490 g/mol. The van der Waals surface area contributed by atoms with Gasteiger partial charge in [-0.05, 0) is 54.6 Å². The minimum absolute atomic E-state index is 0.0335. The molecule has 0 saturated carbocycles. The Morgan fingerprint density at radius 3 is 2.44 bits per heavy atom. The van der Waals surface area contributed by atoms with E-state index in [1.807, 2.05) is 12.1 Å². The molecule has 2 heterocycles. The highest BCUT2D eigenvalue weighted by Crippen LogP contribution is 2.20. The molecule has 36 heavy (non-hydrogen) atoms. The second-order valence-corrected chi connectivity index (χ2v) is 8.36. The van der Waals surface area contributed by atoms with Gasteiger partial charge in [0, 0.05) is 43.9 Å². The van der Waals surface area contributed by atoms with E-state index in [0.717, 1.165) is 11.4 Å². The number of ether oxygens (including phenoxy) is 1. The maximum absolute atomic E-state index is 13.2. The van der Waals surface area contributed by atoms with Gasteiger partial charge in [0.2, 0.25) is 5.91 Å². The van der Waals surface area contributed by atoms with Crippen LogP contribution in [0.25, 0.3) is 11.3 Å². The lowest BCUT2D eigenvalue weighted by molar-refractivity contribution is -0.132. The predicted molar refractivity (Wildman–Crippen MR) is 135 cm³/mol. The predicted octanol–water partition coefficient (Wildman–Crippen LogP) is 3.27. The van der Waals surface area contributed by atoms with Crippen molar-refractivity contribution in [1.82, 2.24) is 20.0 Å². The molecule has 1 saturated heterocycles. The Bertz CT molecular complexity index is 1210. The van der Waals surface area contributed by atoms with Crippen LogP contribution >= 0.6 is 0 Å². The number of carbonyl (C=O) groups is 2. The van der Waals surface area contributed by atoms with Gasteiger partial charge in [-0.1, -0.05) is 12.1 Å². The van der Waals surface area contributed by atoms with Gasteiger partial charge in [-0.25, -0.2) is 4.39 Å². The molecule has 1 fully saturated rings. The number of nitrogens with zero attached hydrogens (tertiary/aromatic N) is 5. The van der Waals surface area contributed by atoms with Crippen LogP contribution in [0, 0.1) is 5.82 Å². The third-order valence-electron chi connectivity index (χ3n) is 6.03. The number of anilines is 1. The maximum Gasteiger partial charge on any atom is 0.254 e. The summed E-state index contributed by atoms with van der Waals surface area (Å²) in [6, 6.07) is 16.7. The van der Waals surface area contributed by atoms with E-state index >= 15 is 0 Å². The van der Waals surface area contributed by atoms with Gasteiger partial charge in [0.15, 0.2) is 5.82 Å². The normalized spacial score (nSPS) is 13.3. The van der Waals surface area contributed by atoms with Crippen molar-refractivity contribution in [1.29, 1.82) is 0 Å². The second-order valence-electron chi connectivity index (χ2n) is 8.36. The maximum atomic E-state index is 13.2. The molecule has 3 aromatic rings. The third kappa shape index (κ3) is 5.86. The third-order valence-corrected chi connectivity index (χ3v) is 6.03. The quantitative estimate of drug-likeness (QED) is 0.452. The first-order valence-corrected chi connectivity index (χ1v) is 11.6. The fourth-order valence-corrected chi connectivity index (χ4v) is 4.03. The van der Waals surface area contributed by atoms with Crippen molar-refractivity contribution < 1.29 is 18.7 Å². The van der Waals surface area contributed by atoms with E-state index in [2.05, 4.69) is 21.7 Å². The van der Waals surface area contributed by atoms with Crippen LogP contribution in [0.1, 0.15) is 10.4 Å². The van der Waals surface area contributed by atoms with Gasteiger partial charge in [-0.2, -0.15) is 0 Å². The molecular formula is C27H28FN5O3. The minimum atomic E-state index is -0.298. The van der Waals surface area contributed by atoms with Crippen molar-refractivity contribution in [2.75, 3.05) is 51.3 Å². The van der Waals surface area contributed by atoms with E-state index < -0.39 is 0 Å². The Morgan fingerprint density at radius 2 is 1.81 bits per heavy atom. The van der Waals surface area contributed by atoms with Crippen LogP contribution in [0.3, 0.4) is 0 Å². The van der Waals surface area contributed by atoms with Crippen LogP contribution < -0.4 is 9.64 Å². The smallest absolute Gasteiger partial charge is 0.254 e. The standard InChI is InChI=1S/C27H28FN5O3/c1-3-13-33(27(35)21-5-4-6-23(18-21)36-2)19-26(34)32-16-14-31(15-17-32)25-12-11-24(29-30-25)20-7-9-22(28)10-8-20/h3-12,18H,1,13-17,19H2,2H3. The average Bonchev–Trinajstić information content (AvgIpc) is 2.93. The van der Waals surface area contributed by atoms with Crippen molar-refractivity contribution in [3.63, 3.8) is 0 Å². The molecule has 0 bridgehead atoms. The van der Waals surface area contributed by atoms with Crippen LogP contribution in [0.5, 0.6) is 5.75 Å². The number of carbonyl (C=O) groups excluding carboxylic acids is 2. The van der Waals surface area contributed by atoms with E-state index in [1.54, 1.807) is 54.5 Å². The Balaban J connectivity index is 1.34. The molecule has 0 atom stereocenters. The zero-order valence-corrected chi connectivity index (χ0v) is 20.1. The molecule has 2 aromatic carbocycles. The Labute approximate surface area is 209 Å². The molecule has 9 heteroatoms. The molecule has 0 spiro atoms. The topological polar surface area (TPSA) is 78.9 Å². The number of methoxy groups -OCH3 is 1. The molecule has 0 aliphatic carbocycles. The summed E-state index contributed by atoms with van der Waals surface area (Å²) < 4.78 is 18.4. The van der Waals surface area contributed by atoms with Gasteiger partial charge in [-0.15, -0.1) is 16.8 Å². The molecule has 0 radical (unpaired) electrons. The number of piperazine rings is 1. The van der Waals surface area contributed by atoms with E-state index in [1.165, 1.54) is 17.0 Å². The Hall–Kier alpha value is -4.27. The molecule has 1 aliphatic rings. The number of hydrogen-bond acceptors (Lipinski definition) is 6. The van der Waals surface area contributed by atoms with Crippen molar-refractivity contribution in [2.24, 2.45) is 0 Å². The molecular weight excluding hydrogens is 461 g/mol. The number of rotatable bonds is 8. The van der Waals surface area contributed by atoms with Crippen molar-refractivity contribution in [3.8, 4) is 17.0 Å². The van der Waals surface area contributed by atoms with Crippen LogP contribution in [-0.2, 0) is 4.79 Å². The van der Waals surface area contributed by atoms with Crippen molar-refractivity contribution >= 4 is 17.6 Å². The summed E-state index contributed by atoms with van der Waals surface area (Å²) in [4.78, 5) is 31.3. The molecule has 1 aromatic heterocycles. The summed E-state index contributed by atoms with van der Waals surface area (Å²) in [5, 5.41) is 8.59. The summed E-state index contributed by atoms with van der Waals surface area (Å²) in [5.74, 6) is 0.626. The largest absolute Gasteiger partial charge is 0.497 e. The monoisotopic (exact) mass is 489 g/mol. The highest BCUT2D eigenvalue weighted by Gasteiger charge is 2.25. The zero-order chi connectivity index (χ0) is 25.5. The van der Waals surface area contributed by atoms with E-state index in [-0.39, 0.29) is 30.7 Å². The minimum Gasteiger partial charge on any atom is -0.497 e. The van der Waals surface area contributed by atoms with Crippen LogP contribution in [0.15, 0.2) is 73.3 Å². The summed E-state index contributed by atoms with van der Waals surface area (Å²) in [6.45, 7) is 6.17. The first-order valence-electron chi connectivity index (χ1n) is 11.6. The van der Waals surface area contributed by atoms with E-state index in [4.69, 9.17) is 4.74 Å². The SMILES string of the molecule is C=CCN(CC(=O)N1CCN(c2ccc(-c3ccc(F)cc3)nn2)CC1)C(=O)c1cccc(OC)c1. The highest BCUT2D eigenvalue weighted by molar-refractivity contribution is 5.97. The summed E-state index contributed by atoms with van der Waals surface area (Å²) in [7, 11) is 1.54. The number of benzene rings is 2. The van der Waals surface area contributed by atoms with Gasteiger partial charge in [0.05, 0.1) is 12.8 Å². The molecule has 4 rings (SSSR count).